The third-order valence-electron chi connectivity index (χ3n) is 5.07. The van der Waals surface area contributed by atoms with Gasteiger partial charge in [-0.2, -0.15) is 0 Å². The minimum atomic E-state index is -0.270. The van der Waals surface area contributed by atoms with E-state index in [1.54, 1.807) is 18.3 Å². The fourth-order valence-electron chi connectivity index (χ4n) is 3.74. The second-order valence-electron chi connectivity index (χ2n) is 7.25. The van der Waals surface area contributed by atoms with Crippen LogP contribution in [0, 0.1) is 0 Å². The number of thiocarbonyl (C=S) groups is 1. The van der Waals surface area contributed by atoms with Crippen LogP contribution >= 0.6 is 23.8 Å². The van der Waals surface area contributed by atoms with E-state index in [0.717, 1.165) is 16.9 Å². The van der Waals surface area contributed by atoms with E-state index >= 15 is 0 Å². The smallest absolute Gasteiger partial charge is 0.250 e. The average molecular weight is 456 g/mol. The number of benzene rings is 1. The number of rotatable bonds is 6. The summed E-state index contributed by atoms with van der Waals surface area (Å²) in [5.74, 6) is -0.270. The van der Waals surface area contributed by atoms with E-state index < -0.39 is 0 Å². The largest absolute Gasteiger partial charge is 0.375 e. The monoisotopic (exact) mass is 455 g/mol. The standard InChI is InChI=1S/C22H22ClN5O2S/c1-27-10-8-14(12-27)21-20(18-5-3-4-9-24-18)26-22(31)28(21)15-6-7-17(16(23)11-15)25-19(29)13-30-2/h3-12,20-21H,13H2,1-2H3,(H,25,29)(H,26,31)/t20-,21+/m0/s1. The second kappa shape index (κ2) is 9.05. The van der Waals surface area contributed by atoms with E-state index in [-0.39, 0.29) is 24.6 Å². The summed E-state index contributed by atoms with van der Waals surface area (Å²) in [6, 6.07) is 13.1. The summed E-state index contributed by atoms with van der Waals surface area (Å²) in [6.07, 6.45) is 5.86. The van der Waals surface area contributed by atoms with Crippen LogP contribution in [0.1, 0.15) is 23.3 Å². The van der Waals surface area contributed by atoms with Gasteiger partial charge in [0.25, 0.3) is 0 Å². The highest BCUT2D eigenvalue weighted by molar-refractivity contribution is 7.80. The minimum Gasteiger partial charge on any atom is -0.375 e. The van der Waals surface area contributed by atoms with Crippen LogP contribution in [0.3, 0.4) is 0 Å². The van der Waals surface area contributed by atoms with Crippen LogP contribution in [0.25, 0.3) is 0 Å². The van der Waals surface area contributed by atoms with E-state index in [2.05, 4.69) is 27.9 Å². The number of aryl methyl sites for hydroxylation is 1. The number of hydrogen-bond acceptors (Lipinski definition) is 4. The van der Waals surface area contributed by atoms with Crippen molar-refractivity contribution in [3.63, 3.8) is 0 Å². The molecule has 31 heavy (non-hydrogen) atoms. The van der Waals surface area contributed by atoms with Gasteiger partial charge in [0, 0.05) is 38.4 Å². The quantitative estimate of drug-likeness (QED) is 0.550. The number of carbonyl (C=O) groups excluding carboxylic acids is 1. The van der Waals surface area contributed by atoms with Gasteiger partial charge in [-0.15, -0.1) is 0 Å². The molecule has 2 atom stereocenters. The molecule has 0 saturated carbocycles. The number of nitrogens with zero attached hydrogens (tertiary/aromatic N) is 3. The Bertz CT molecular complexity index is 1100. The Kier molecular flexibility index (Phi) is 6.22. The Hall–Kier alpha value is -2.94. The Morgan fingerprint density at radius 2 is 2.16 bits per heavy atom. The number of methoxy groups -OCH3 is 1. The molecule has 1 aliphatic heterocycles. The average Bonchev–Trinajstić information content (AvgIpc) is 3.33. The summed E-state index contributed by atoms with van der Waals surface area (Å²) in [5.41, 5.74) is 3.33. The Balaban J connectivity index is 1.71. The predicted molar refractivity (Wildman–Crippen MR) is 125 cm³/mol. The molecule has 0 radical (unpaired) electrons. The number of anilines is 2. The summed E-state index contributed by atoms with van der Waals surface area (Å²) >= 11 is 12.2. The molecule has 1 amide bonds. The number of nitrogens with one attached hydrogen (secondary N) is 2. The molecule has 1 aliphatic rings. The zero-order valence-electron chi connectivity index (χ0n) is 17.1. The molecule has 2 aromatic heterocycles. The summed E-state index contributed by atoms with van der Waals surface area (Å²) in [7, 11) is 3.45. The normalized spacial score (nSPS) is 18.2. The van der Waals surface area contributed by atoms with Crippen molar-refractivity contribution in [1.29, 1.82) is 0 Å². The van der Waals surface area contributed by atoms with Crippen LogP contribution < -0.4 is 15.5 Å². The summed E-state index contributed by atoms with van der Waals surface area (Å²) in [5, 5.41) is 7.16. The lowest BCUT2D eigenvalue weighted by Crippen LogP contribution is -2.29. The van der Waals surface area contributed by atoms with E-state index in [1.165, 1.54) is 7.11 Å². The van der Waals surface area contributed by atoms with Crippen molar-refractivity contribution in [3.05, 3.63) is 77.3 Å². The highest BCUT2D eigenvalue weighted by Crippen LogP contribution is 2.42. The number of hydrogen-bond donors (Lipinski definition) is 2. The van der Waals surface area contributed by atoms with Gasteiger partial charge in [-0.1, -0.05) is 17.7 Å². The van der Waals surface area contributed by atoms with Gasteiger partial charge in [0.2, 0.25) is 5.91 Å². The van der Waals surface area contributed by atoms with E-state index in [0.29, 0.717) is 15.8 Å². The highest BCUT2D eigenvalue weighted by Gasteiger charge is 2.41. The Morgan fingerprint density at radius 3 is 2.81 bits per heavy atom. The third-order valence-corrected chi connectivity index (χ3v) is 5.70. The van der Waals surface area contributed by atoms with E-state index in [9.17, 15) is 4.79 Å². The molecule has 1 aromatic carbocycles. The third kappa shape index (κ3) is 4.41. The van der Waals surface area contributed by atoms with Crippen LogP contribution in [-0.4, -0.2) is 34.3 Å². The lowest BCUT2D eigenvalue weighted by Gasteiger charge is -2.27. The zero-order chi connectivity index (χ0) is 22.0. The molecule has 4 rings (SSSR count). The van der Waals surface area contributed by atoms with Crippen LogP contribution in [0.4, 0.5) is 11.4 Å². The van der Waals surface area contributed by atoms with Gasteiger partial charge in [-0.05, 0) is 54.2 Å². The van der Waals surface area contributed by atoms with Gasteiger partial charge < -0.3 is 24.8 Å². The first kappa shape index (κ1) is 21.3. The first-order valence-corrected chi connectivity index (χ1v) is 10.5. The molecule has 160 valence electrons. The molecule has 3 heterocycles. The van der Waals surface area contributed by atoms with E-state index in [4.69, 9.17) is 28.6 Å². The van der Waals surface area contributed by atoms with Crippen molar-refractivity contribution in [2.45, 2.75) is 12.1 Å². The summed E-state index contributed by atoms with van der Waals surface area (Å²) in [6.45, 7) is -0.0416. The molecule has 1 saturated heterocycles. The maximum atomic E-state index is 11.9. The van der Waals surface area contributed by atoms with Crippen molar-refractivity contribution >= 4 is 46.2 Å². The topological polar surface area (TPSA) is 71.4 Å². The minimum absolute atomic E-state index is 0.0416. The van der Waals surface area contributed by atoms with Crippen molar-refractivity contribution in [3.8, 4) is 0 Å². The Morgan fingerprint density at radius 1 is 1.32 bits per heavy atom. The number of amides is 1. The first-order valence-electron chi connectivity index (χ1n) is 9.69. The van der Waals surface area contributed by atoms with Crippen LogP contribution in [0.5, 0.6) is 0 Å². The molecule has 2 N–H and O–H groups in total. The molecule has 7 nitrogen and oxygen atoms in total. The van der Waals surface area contributed by atoms with Gasteiger partial charge in [0.05, 0.1) is 28.5 Å². The van der Waals surface area contributed by atoms with Crippen LogP contribution in [0.15, 0.2) is 61.1 Å². The van der Waals surface area contributed by atoms with Crippen molar-refractivity contribution in [1.82, 2.24) is 14.9 Å². The van der Waals surface area contributed by atoms with E-state index in [1.807, 2.05) is 47.0 Å². The van der Waals surface area contributed by atoms with Crippen LogP contribution in [-0.2, 0) is 16.6 Å². The maximum absolute atomic E-state index is 11.9. The zero-order valence-corrected chi connectivity index (χ0v) is 18.7. The molecule has 0 bridgehead atoms. The molecule has 0 spiro atoms. The molecule has 0 aliphatic carbocycles. The number of carbonyl (C=O) groups is 1. The molecular weight excluding hydrogens is 434 g/mol. The Labute approximate surface area is 191 Å². The van der Waals surface area contributed by atoms with Crippen LogP contribution in [0.2, 0.25) is 5.02 Å². The summed E-state index contributed by atoms with van der Waals surface area (Å²) in [4.78, 5) is 18.4. The number of aromatic nitrogens is 2. The summed E-state index contributed by atoms with van der Waals surface area (Å²) < 4.78 is 6.86. The maximum Gasteiger partial charge on any atom is 0.250 e. The van der Waals surface area contributed by atoms with Crippen molar-refractivity contribution in [2.75, 3.05) is 23.9 Å². The van der Waals surface area contributed by atoms with Crippen molar-refractivity contribution in [2.24, 2.45) is 7.05 Å². The number of halogens is 1. The van der Waals surface area contributed by atoms with Crippen molar-refractivity contribution < 1.29 is 9.53 Å². The number of ether oxygens (including phenoxy) is 1. The molecule has 0 unspecified atom stereocenters. The second-order valence-corrected chi connectivity index (χ2v) is 8.05. The lowest BCUT2D eigenvalue weighted by molar-refractivity contribution is -0.119. The molecule has 9 heteroatoms. The fraction of sp³-hybridized carbons (Fsp3) is 0.227. The molecular formula is C22H22ClN5O2S. The first-order chi connectivity index (χ1) is 15.0. The van der Waals surface area contributed by atoms with Gasteiger partial charge in [0.15, 0.2) is 5.11 Å². The van der Waals surface area contributed by atoms with Gasteiger partial charge in [0.1, 0.15) is 6.61 Å². The SMILES string of the molecule is COCC(=O)Nc1ccc(N2C(=S)N[C@@H](c3ccccn3)[C@H]2c2ccn(C)c2)cc1Cl. The molecule has 1 fully saturated rings. The lowest BCUT2D eigenvalue weighted by atomic mass is 9.98. The van der Waals surface area contributed by atoms with Gasteiger partial charge in [-0.3, -0.25) is 9.78 Å². The molecule has 3 aromatic rings. The predicted octanol–water partition coefficient (Wildman–Crippen LogP) is 3.84. The van der Waals surface area contributed by atoms with Gasteiger partial charge in [-0.25, -0.2) is 0 Å². The number of pyridine rings is 1. The highest BCUT2D eigenvalue weighted by atomic mass is 35.5. The fourth-order valence-corrected chi connectivity index (χ4v) is 4.31. The van der Waals surface area contributed by atoms with Gasteiger partial charge >= 0.3 is 0 Å².